The lowest BCUT2D eigenvalue weighted by atomic mass is 9.88. The first kappa shape index (κ1) is 21.3. The molecule has 1 aromatic rings. The standard InChI is InChI=1S/C22H32N2O5/c1-13(2)22(26)24-11-16(17(12-24)21(25)23-10-14-6-7-14)15-8-18(27-3)20(29-5)19(9-15)28-4/h8-9,13-14,16-17H,6-7,10-12H2,1-5H3,(H,23,25). The lowest BCUT2D eigenvalue weighted by Crippen LogP contribution is -2.37. The summed E-state index contributed by atoms with van der Waals surface area (Å²) >= 11 is 0. The van der Waals surface area contributed by atoms with E-state index in [0.29, 0.717) is 36.3 Å². The van der Waals surface area contributed by atoms with E-state index in [-0.39, 0.29) is 29.6 Å². The third-order valence-corrected chi connectivity index (χ3v) is 5.84. The third kappa shape index (κ3) is 4.60. The highest BCUT2D eigenvalue weighted by Gasteiger charge is 2.41. The normalized spacial score (nSPS) is 21.2. The Bertz CT molecular complexity index is 735. The fraction of sp³-hybridized carbons (Fsp3) is 0.636. The van der Waals surface area contributed by atoms with Crippen LogP contribution >= 0.6 is 0 Å². The van der Waals surface area contributed by atoms with Gasteiger partial charge in [0.2, 0.25) is 17.6 Å². The van der Waals surface area contributed by atoms with Gasteiger partial charge in [-0.05, 0) is 36.5 Å². The molecule has 2 aliphatic rings. The van der Waals surface area contributed by atoms with Crippen molar-refractivity contribution in [2.45, 2.75) is 32.6 Å². The Hall–Kier alpha value is -2.44. The van der Waals surface area contributed by atoms with Crippen LogP contribution in [0.5, 0.6) is 17.2 Å². The van der Waals surface area contributed by atoms with Gasteiger partial charge in [0.25, 0.3) is 0 Å². The fourth-order valence-electron chi connectivity index (χ4n) is 3.97. The lowest BCUT2D eigenvalue weighted by Gasteiger charge is -2.21. The number of amides is 2. The summed E-state index contributed by atoms with van der Waals surface area (Å²) in [7, 11) is 4.71. The van der Waals surface area contributed by atoms with Crippen LogP contribution in [0, 0.1) is 17.8 Å². The molecule has 1 heterocycles. The van der Waals surface area contributed by atoms with Crippen LogP contribution in [0.25, 0.3) is 0 Å². The predicted octanol–water partition coefficient (Wildman–Crippen LogP) is 2.44. The number of benzene rings is 1. The van der Waals surface area contributed by atoms with Gasteiger partial charge in [0, 0.05) is 31.5 Å². The molecule has 2 amide bonds. The van der Waals surface area contributed by atoms with E-state index in [0.717, 1.165) is 12.1 Å². The van der Waals surface area contributed by atoms with Crippen molar-refractivity contribution in [1.29, 1.82) is 0 Å². The van der Waals surface area contributed by atoms with Crippen molar-refractivity contribution in [2.75, 3.05) is 41.0 Å². The fourth-order valence-corrected chi connectivity index (χ4v) is 3.97. The number of hydrogen-bond acceptors (Lipinski definition) is 5. The highest BCUT2D eigenvalue weighted by molar-refractivity contribution is 5.84. The molecule has 0 aromatic heterocycles. The van der Waals surface area contributed by atoms with Crippen LogP contribution in [0.4, 0.5) is 0 Å². The van der Waals surface area contributed by atoms with E-state index in [1.807, 2.05) is 26.0 Å². The quantitative estimate of drug-likeness (QED) is 0.720. The molecule has 2 unspecified atom stereocenters. The van der Waals surface area contributed by atoms with Gasteiger partial charge in [-0.3, -0.25) is 9.59 Å². The predicted molar refractivity (Wildman–Crippen MR) is 109 cm³/mol. The second-order valence-corrected chi connectivity index (χ2v) is 8.26. The molecule has 0 spiro atoms. The first-order valence-electron chi connectivity index (χ1n) is 10.3. The van der Waals surface area contributed by atoms with Gasteiger partial charge in [0.05, 0.1) is 27.2 Å². The van der Waals surface area contributed by atoms with Crippen molar-refractivity contribution >= 4 is 11.8 Å². The van der Waals surface area contributed by atoms with Crippen LogP contribution in [-0.4, -0.2) is 57.7 Å². The van der Waals surface area contributed by atoms with E-state index in [1.54, 1.807) is 26.2 Å². The van der Waals surface area contributed by atoms with E-state index < -0.39 is 0 Å². The zero-order valence-electron chi connectivity index (χ0n) is 18.0. The Kier molecular flexibility index (Phi) is 6.55. The van der Waals surface area contributed by atoms with E-state index in [2.05, 4.69) is 5.32 Å². The summed E-state index contributed by atoms with van der Waals surface area (Å²) in [6.07, 6.45) is 2.36. The topological polar surface area (TPSA) is 77.1 Å². The Morgan fingerprint density at radius 2 is 1.69 bits per heavy atom. The van der Waals surface area contributed by atoms with E-state index in [1.165, 1.54) is 12.8 Å². The summed E-state index contributed by atoms with van der Waals surface area (Å²) in [6, 6.07) is 3.77. The number of ether oxygens (including phenoxy) is 3. The van der Waals surface area contributed by atoms with Gasteiger partial charge in [0.1, 0.15) is 0 Å². The van der Waals surface area contributed by atoms with Crippen molar-refractivity contribution in [3.8, 4) is 17.2 Å². The van der Waals surface area contributed by atoms with Crippen LogP contribution in [0.1, 0.15) is 38.2 Å². The molecule has 160 valence electrons. The first-order chi connectivity index (χ1) is 13.9. The maximum absolute atomic E-state index is 13.0. The maximum atomic E-state index is 13.0. The molecule has 1 saturated carbocycles. The minimum Gasteiger partial charge on any atom is -0.493 e. The summed E-state index contributed by atoms with van der Waals surface area (Å²) in [4.78, 5) is 27.4. The summed E-state index contributed by atoms with van der Waals surface area (Å²) in [5, 5.41) is 3.09. The van der Waals surface area contributed by atoms with Gasteiger partial charge in [0.15, 0.2) is 11.5 Å². The van der Waals surface area contributed by atoms with Gasteiger partial charge in [-0.25, -0.2) is 0 Å². The summed E-state index contributed by atoms with van der Waals surface area (Å²) in [5.41, 5.74) is 0.908. The van der Waals surface area contributed by atoms with Crippen molar-refractivity contribution in [3.05, 3.63) is 17.7 Å². The molecule has 3 rings (SSSR count). The Labute approximate surface area is 172 Å². The molecular weight excluding hydrogens is 372 g/mol. The van der Waals surface area contributed by atoms with Crippen LogP contribution in [0.2, 0.25) is 0 Å². The van der Waals surface area contributed by atoms with Gasteiger partial charge in [-0.15, -0.1) is 0 Å². The average Bonchev–Trinajstić information content (AvgIpc) is 3.45. The number of nitrogens with zero attached hydrogens (tertiary/aromatic N) is 1. The van der Waals surface area contributed by atoms with Gasteiger partial charge in [-0.2, -0.15) is 0 Å². The maximum Gasteiger partial charge on any atom is 0.225 e. The molecule has 1 aliphatic heterocycles. The largest absolute Gasteiger partial charge is 0.493 e. The molecule has 1 saturated heterocycles. The summed E-state index contributed by atoms with van der Waals surface area (Å²) < 4.78 is 16.4. The zero-order valence-corrected chi connectivity index (χ0v) is 18.0. The van der Waals surface area contributed by atoms with Gasteiger partial charge < -0.3 is 24.4 Å². The summed E-state index contributed by atoms with van der Waals surface area (Å²) in [5.74, 6) is 1.75. The van der Waals surface area contributed by atoms with Crippen molar-refractivity contribution in [1.82, 2.24) is 10.2 Å². The van der Waals surface area contributed by atoms with E-state index in [9.17, 15) is 9.59 Å². The van der Waals surface area contributed by atoms with E-state index >= 15 is 0 Å². The lowest BCUT2D eigenvalue weighted by molar-refractivity contribution is -0.133. The molecular formula is C22H32N2O5. The highest BCUT2D eigenvalue weighted by Crippen LogP contribution is 2.43. The zero-order chi connectivity index (χ0) is 21.1. The van der Waals surface area contributed by atoms with Crippen molar-refractivity contribution < 1.29 is 23.8 Å². The van der Waals surface area contributed by atoms with Crippen LogP contribution < -0.4 is 19.5 Å². The number of hydrogen-bond donors (Lipinski definition) is 1. The smallest absolute Gasteiger partial charge is 0.225 e. The number of methoxy groups -OCH3 is 3. The molecule has 7 heteroatoms. The molecule has 7 nitrogen and oxygen atoms in total. The Morgan fingerprint density at radius 3 is 2.17 bits per heavy atom. The first-order valence-corrected chi connectivity index (χ1v) is 10.3. The van der Waals surface area contributed by atoms with Crippen molar-refractivity contribution in [3.63, 3.8) is 0 Å². The second kappa shape index (κ2) is 8.93. The molecule has 1 aliphatic carbocycles. The van der Waals surface area contributed by atoms with E-state index in [4.69, 9.17) is 14.2 Å². The Balaban J connectivity index is 1.91. The molecule has 0 radical (unpaired) electrons. The molecule has 2 fully saturated rings. The van der Waals surface area contributed by atoms with Gasteiger partial charge >= 0.3 is 0 Å². The molecule has 29 heavy (non-hydrogen) atoms. The van der Waals surface area contributed by atoms with Crippen molar-refractivity contribution in [2.24, 2.45) is 17.8 Å². The van der Waals surface area contributed by atoms with Crippen LogP contribution in [0.15, 0.2) is 12.1 Å². The van der Waals surface area contributed by atoms with Crippen LogP contribution in [0.3, 0.4) is 0 Å². The number of carbonyl (C=O) groups excluding carboxylic acids is 2. The summed E-state index contributed by atoms with van der Waals surface area (Å²) in [6.45, 7) is 5.41. The molecule has 2 atom stereocenters. The second-order valence-electron chi connectivity index (χ2n) is 8.26. The SMILES string of the molecule is COc1cc(C2CN(C(=O)C(C)C)CC2C(=O)NCC2CC2)cc(OC)c1OC. The minimum atomic E-state index is -0.306. The average molecular weight is 405 g/mol. The Morgan fingerprint density at radius 1 is 1.07 bits per heavy atom. The van der Waals surface area contributed by atoms with Gasteiger partial charge in [-0.1, -0.05) is 13.8 Å². The third-order valence-electron chi connectivity index (χ3n) is 5.84. The number of carbonyl (C=O) groups is 2. The molecule has 1 N–H and O–H groups in total. The monoisotopic (exact) mass is 404 g/mol. The number of nitrogens with one attached hydrogen (secondary N) is 1. The highest BCUT2D eigenvalue weighted by atomic mass is 16.5. The van der Waals surface area contributed by atoms with Crippen LogP contribution in [-0.2, 0) is 9.59 Å². The number of rotatable bonds is 8. The molecule has 0 bridgehead atoms. The minimum absolute atomic E-state index is 0.00899. The number of likely N-dealkylation sites (tertiary alicyclic amines) is 1. The molecule has 1 aromatic carbocycles.